The standard InChI is InChI=1S/C75H87F7N8O8.3ClH/c1-52-44-60(83-34-14-6-9-22-67(91)85(3)42-43-87-37-29-61(30-38-87)90(71(95)96)65-21-13-11-19-63(65)53-16-7-5-8-17-53)27-28-62(52)70(94)86(4)36-15-35-84(2)68(92)49-97-66-47-54-18-10-12-20-64(54)72(66)31-39-88(40-32-72)41-33-73(56-23-25-59(76)26-24-56)50-89(51-98-73)69(93)55-45-57(74(77,78)79)48-58(46-55)75(80,81)82;;;/h5,7-8,10-13,16-21,23-28,44-46,48,61,66,83H,6,9,14-15,22,29-43,47,49-51H2,1-4H3,(H,95,96);3*1H/t66-,73+;;;/m0.../s1. The van der Waals surface area contributed by atoms with Crippen LogP contribution in [0.4, 0.5) is 46.9 Å². The summed E-state index contributed by atoms with van der Waals surface area (Å²) in [5.74, 6) is -1.83. The number of nitrogens with one attached hydrogen (secondary N) is 1. The van der Waals surface area contributed by atoms with Crippen LogP contribution in [0.2, 0.25) is 0 Å². The Morgan fingerprint density at radius 3 is 1.96 bits per heavy atom. The number of unbranched alkanes of at least 4 members (excludes halogenated alkanes) is 2. The number of carbonyl (C=O) groups excluding carboxylic acids is 4. The van der Waals surface area contributed by atoms with Gasteiger partial charge in [-0.15, -0.1) is 37.2 Å². The third-order valence-corrected chi connectivity index (χ3v) is 20.2. The Morgan fingerprint density at radius 1 is 0.673 bits per heavy atom. The average Bonchev–Trinajstić information content (AvgIpc) is 1.60. The van der Waals surface area contributed by atoms with Crippen molar-refractivity contribution in [2.45, 2.75) is 113 Å². The number of fused-ring (bicyclic) bond motifs is 2. The first-order valence-electron chi connectivity index (χ1n) is 33.7. The largest absolute Gasteiger partial charge is 0.465 e. The molecule has 3 heterocycles. The number of alkyl halides is 6. The number of benzene rings is 6. The van der Waals surface area contributed by atoms with Crippen LogP contribution in [0.3, 0.4) is 0 Å². The molecule has 5 amide bonds. The van der Waals surface area contributed by atoms with Crippen molar-refractivity contribution < 1.29 is 69.3 Å². The first kappa shape index (κ1) is 80.8. The lowest BCUT2D eigenvalue weighted by Crippen LogP contribution is -2.50. The maximum atomic E-state index is 14.3. The maximum absolute atomic E-state index is 14.3. The minimum Gasteiger partial charge on any atom is -0.465 e. The monoisotopic (exact) mass is 1470 g/mol. The average molecular weight is 1470 g/mol. The summed E-state index contributed by atoms with van der Waals surface area (Å²) in [5, 5.41) is 13.8. The minimum absolute atomic E-state index is 0. The second kappa shape index (κ2) is 35.6. The van der Waals surface area contributed by atoms with Gasteiger partial charge in [-0.2, -0.15) is 26.3 Å². The molecule has 3 saturated heterocycles. The van der Waals surface area contributed by atoms with Gasteiger partial charge in [-0.25, -0.2) is 9.18 Å². The van der Waals surface area contributed by atoms with Crippen LogP contribution in [0.5, 0.6) is 0 Å². The molecule has 6 aromatic carbocycles. The fraction of sp³-hybridized carbons (Fsp3) is 0.453. The molecule has 3 fully saturated rings. The van der Waals surface area contributed by atoms with Gasteiger partial charge in [0.1, 0.15) is 24.8 Å². The molecule has 1 aliphatic carbocycles. The molecule has 0 radical (unpaired) electrons. The van der Waals surface area contributed by atoms with E-state index in [0.717, 1.165) is 77.3 Å². The first-order chi connectivity index (χ1) is 46.8. The molecule has 3 aliphatic heterocycles. The molecule has 0 saturated carbocycles. The quantitative estimate of drug-likeness (QED) is 0.0393. The summed E-state index contributed by atoms with van der Waals surface area (Å²) >= 11 is 0. The van der Waals surface area contributed by atoms with Crippen molar-refractivity contribution in [1.29, 1.82) is 0 Å². The van der Waals surface area contributed by atoms with E-state index in [9.17, 15) is 59.8 Å². The van der Waals surface area contributed by atoms with Crippen molar-refractivity contribution >= 4 is 78.3 Å². The first-order valence-corrected chi connectivity index (χ1v) is 33.7. The van der Waals surface area contributed by atoms with Crippen LogP contribution >= 0.6 is 37.2 Å². The number of piperidine rings is 2. The number of hydrogen-bond acceptors (Lipinski definition) is 10. The van der Waals surface area contributed by atoms with Crippen LogP contribution < -0.4 is 10.2 Å². The topological polar surface area (TPSA) is 159 Å². The Hall–Kier alpha value is -7.51. The Morgan fingerprint density at radius 2 is 1.30 bits per heavy atom. The second-order valence-electron chi connectivity index (χ2n) is 26.6. The van der Waals surface area contributed by atoms with E-state index < -0.39 is 64.6 Å². The van der Waals surface area contributed by atoms with Gasteiger partial charge in [-0.1, -0.05) is 91.3 Å². The number of para-hydroxylation sites is 1. The van der Waals surface area contributed by atoms with Gasteiger partial charge in [-0.3, -0.25) is 24.1 Å². The van der Waals surface area contributed by atoms with Gasteiger partial charge < -0.3 is 49.3 Å². The highest BCUT2D eigenvalue weighted by molar-refractivity contribution is 5.96. The van der Waals surface area contributed by atoms with E-state index in [2.05, 4.69) is 27.2 Å². The van der Waals surface area contributed by atoms with Crippen LogP contribution in [-0.4, -0.2) is 183 Å². The highest BCUT2D eigenvalue weighted by Gasteiger charge is 2.50. The summed E-state index contributed by atoms with van der Waals surface area (Å²) < 4.78 is 110. The minimum atomic E-state index is -5.15. The third-order valence-electron chi connectivity index (χ3n) is 20.2. The Labute approximate surface area is 604 Å². The van der Waals surface area contributed by atoms with Gasteiger partial charge in [0.2, 0.25) is 11.8 Å². The highest BCUT2D eigenvalue weighted by Crippen LogP contribution is 2.49. The molecule has 0 unspecified atom stereocenters. The molecule has 4 aliphatic rings. The fourth-order valence-corrected chi connectivity index (χ4v) is 14.4. The van der Waals surface area contributed by atoms with E-state index in [-0.39, 0.29) is 92.7 Å². The number of rotatable bonds is 26. The Bertz CT molecular complexity index is 3740. The lowest BCUT2D eigenvalue weighted by Gasteiger charge is -2.44. The van der Waals surface area contributed by atoms with E-state index in [0.29, 0.717) is 120 Å². The molecule has 0 aromatic heterocycles. The van der Waals surface area contributed by atoms with E-state index in [1.54, 1.807) is 28.8 Å². The van der Waals surface area contributed by atoms with Gasteiger partial charge >= 0.3 is 18.4 Å². The van der Waals surface area contributed by atoms with Crippen LogP contribution in [0.25, 0.3) is 11.1 Å². The predicted octanol–water partition coefficient (Wildman–Crippen LogP) is 14.5. The normalized spacial score (nSPS) is 17.6. The molecule has 16 nitrogen and oxygen atoms in total. The zero-order chi connectivity index (χ0) is 69.9. The molecule has 2 atom stereocenters. The molecule has 10 rings (SSSR count). The lowest BCUT2D eigenvalue weighted by atomic mass is 9.72. The molecular formula is C75H90Cl3F7N8O8. The highest BCUT2D eigenvalue weighted by atomic mass is 35.5. The Balaban J connectivity index is 0.00000477. The molecule has 2 N–H and O–H groups in total. The van der Waals surface area contributed by atoms with Crippen molar-refractivity contribution in [2.75, 3.05) is 117 Å². The summed E-state index contributed by atoms with van der Waals surface area (Å²) in [6.07, 6.45) is -4.48. The van der Waals surface area contributed by atoms with E-state index in [1.165, 1.54) is 29.2 Å². The second-order valence-corrected chi connectivity index (χ2v) is 26.6. The number of ether oxygens (including phenoxy) is 2. The van der Waals surface area contributed by atoms with Gasteiger partial charge in [0.25, 0.3) is 11.8 Å². The van der Waals surface area contributed by atoms with Crippen LogP contribution in [-0.2, 0) is 48.9 Å². The van der Waals surface area contributed by atoms with Crippen molar-refractivity contribution in [1.82, 2.24) is 29.4 Å². The maximum Gasteiger partial charge on any atom is 0.416 e. The van der Waals surface area contributed by atoms with Gasteiger partial charge in [-0.05, 0) is 160 Å². The Kier molecular flexibility index (Phi) is 28.5. The predicted molar refractivity (Wildman–Crippen MR) is 382 cm³/mol. The number of halogens is 10. The number of likely N-dealkylation sites (tertiary alicyclic amines) is 2. The summed E-state index contributed by atoms with van der Waals surface area (Å²) in [4.78, 5) is 79.1. The van der Waals surface area contributed by atoms with Gasteiger partial charge in [0.05, 0.1) is 29.5 Å². The zero-order valence-corrected chi connectivity index (χ0v) is 59.7. The summed E-state index contributed by atoms with van der Waals surface area (Å²) in [6.45, 7) is 7.06. The summed E-state index contributed by atoms with van der Waals surface area (Å²) in [7, 11) is 5.31. The van der Waals surface area contributed by atoms with Crippen molar-refractivity contribution in [2.24, 2.45) is 0 Å². The third kappa shape index (κ3) is 19.8. The molecule has 26 heteroatoms. The fourth-order valence-electron chi connectivity index (χ4n) is 14.4. The number of nitrogens with zero attached hydrogens (tertiary/aromatic N) is 7. The molecular weight excluding hydrogens is 1380 g/mol. The van der Waals surface area contributed by atoms with Gasteiger partial charge in [0.15, 0.2) is 0 Å². The SMILES string of the molecule is Cc1cc(NCCCCCC(=O)N(C)CCN2CCC(N(C(=O)O)c3ccccc3-c3ccccc3)CC2)ccc1C(=O)N(C)CCCN(C)C(=O)CO[C@H]1Cc2ccccc2C12CCN(CC[C@]1(c3ccc(F)cc3)CN(C(=O)c3cc(C(F)(F)F)cc(C(F)(F)F)c3)CO1)CC2.Cl.Cl.Cl. The number of carbonyl (C=O) groups is 5. The molecule has 6 aromatic rings. The number of hydrogen-bond donors (Lipinski definition) is 2. The number of anilines is 2. The van der Waals surface area contributed by atoms with Crippen LogP contribution in [0.15, 0.2) is 140 Å². The number of amides is 5. The number of carboxylic acid groups (broad SMARTS) is 1. The van der Waals surface area contributed by atoms with E-state index >= 15 is 0 Å². The van der Waals surface area contributed by atoms with E-state index in [4.69, 9.17) is 9.47 Å². The van der Waals surface area contributed by atoms with Crippen molar-refractivity contribution in [3.8, 4) is 11.1 Å². The van der Waals surface area contributed by atoms with Crippen LogP contribution in [0, 0.1) is 12.7 Å². The molecule has 0 bridgehead atoms. The zero-order valence-electron chi connectivity index (χ0n) is 57.2. The molecule has 1 spiro atoms. The smallest absolute Gasteiger partial charge is 0.416 e. The van der Waals surface area contributed by atoms with Crippen molar-refractivity contribution in [3.63, 3.8) is 0 Å². The lowest BCUT2D eigenvalue weighted by molar-refractivity contribution is -0.143. The summed E-state index contributed by atoms with van der Waals surface area (Å²) in [6, 6.07) is 37.4. The molecule has 548 valence electrons. The van der Waals surface area contributed by atoms with Crippen molar-refractivity contribution in [3.05, 3.63) is 190 Å². The molecule has 101 heavy (non-hydrogen) atoms. The van der Waals surface area contributed by atoms with Crippen LogP contribution in [0.1, 0.15) is 118 Å². The van der Waals surface area contributed by atoms with E-state index in [1.807, 2.05) is 98.9 Å². The number of aryl methyl sites for hydroxylation is 1. The number of likely N-dealkylation sites (N-methyl/N-ethyl adjacent to an activating group) is 2. The van der Waals surface area contributed by atoms with Gasteiger partial charge in [0, 0.05) is 114 Å². The summed E-state index contributed by atoms with van der Waals surface area (Å²) in [5.41, 5.74) is 1.96.